The number of rotatable bonds is 6. The molecule has 0 atom stereocenters. The van der Waals surface area contributed by atoms with E-state index in [-0.39, 0.29) is 5.91 Å². The van der Waals surface area contributed by atoms with Gasteiger partial charge in [-0.15, -0.1) is 11.3 Å². The summed E-state index contributed by atoms with van der Waals surface area (Å²) in [6.45, 7) is 1.50. The van der Waals surface area contributed by atoms with Gasteiger partial charge in [-0.2, -0.15) is 17.0 Å². The Morgan fingerprint density at radius 2 is 2.40 bits per heavy atom. The van der Waals surface area contributed by atoms with Gasteiger partial charge >= 0.3 is 0 Å². The predicted molar refractivity (Wildman–Crippen MR) is 82.2 cm³/mol. The third-order valence-corrected chi connectivity index (χ3v) is 5.42. The number of nitrogens with zero attached hydrogens (tertiary/aromatic N) is 2. The standard InChI is InChI=1S/C14H18N2O2S2/c1-18-7-6-16(5-2-4-15)14(17)13-9-11-10-19-8-3-12(11)20-13/h9H,2-3,5-8,10H2,1H3. The van der Waals surface area contributed by atoms with Gasteiger partial charge in [0.25, 0.3) is 5.91 Å². The summed E-state index contributed by atoms with van der Waals surface area (Å²) < 4.78 is 5.04. The molecular weight excluding hydrogens is 292 g/mol. The topological polar surface area (TPSA) is 53.3 Å². The number of thioether (sulfide) groups is 1. The third-order valence-electron chi connectivity index (χ3n) is 3.18. The minimum Gasteiger partial charge on any atom is -0.383 e. The summed E-state index contributed by atoms with van der Waals surface area (Å²) >= 11 is 3.53. The molecule has 1 aliphatic rings. The molecule has 0 radical (unpaired) electrons. The lowest BCUT2D eigenvalue weighted by molar-refractivity contribution is 0.0704. The number of aryl methyl sites for hydroxylation is 1. The van der Waals surface area contributed by atoms with Crippen molar-refractivity contribution in [3.8, 4) is 6.07 Å². The van der Waals surface area contributed by atoms with Crippen LogP contribution in [0.3, 0.4) is 0 Å². The Labute approximate surface area is 127 Å². The fraction of sp³-hybridized carbons (Fsp3) is 0.571. The number of nitriles is 1. The highest BCUT2D eigenvalue weighted by Crippen LogP contribution is 2.32. The first-order valence-corrected chi connectivity index (χ1v) is 8.58. The van der Waals surface area contributed by atoms with Gasteiger partial charge in [0.2, 0.25) is 0 Å². The molecule has 0 aromatic carbocycles. The first kappa shape index (κ1) is 15.4. The predicted octanol–water partition coefficient (Wildman–Crippen LogP) is 2.54. The Hall–Kier alpha value is -1.03. The van der Waals surface area contributed by atoms with Gasteiger partial charge in [-0.3, -0.25) is 4.79 Å². The number of thiophene rings is 1. The molecule has 0 aliphatic carbocycles. The minimum atomic E-state index is 0.0294. The van der Waals surface area contributed by atoms with Crippen molar-refractivity contribution < 1.29 is 9.53 Å². The van der Waals surface area contributed by atoms with Gasteiger partial charge in [0.15, 0.2) is 0 Å². The second-order valence-corrected chi connectivity index (χ2v) is 6.80. The molecule has 1 aliphatic heterocycles. The van der Waals surface area contributed by atoms with Gasteiger partial charge in [-0.25, -0.2) is 0 Å². The van der Waals surface area contributed by atoms with Crippen molar-refractivity contribution in [2.24, 2.45) is 0 Å². The average molecular weight is 310 g/mol. The van der Waals surface area contributed by atoms with E-state index < -0.39 is 0 Å². The zero-order valence-corrected chi connectivity index (χ0v) is 13.2. The van der Waals surface area contributed by atoms with E-state index in [1.807, 2.05) is 17.8 Å². The van der Waals surface area contributed by atoms with Crippen LogP contribution in [0.15, 0.2) is 6.07 Å². The van der Waals surface area contributed by atoms with E-state index in [2.05, 4.69) is 6.07 Å². The van der Waals surface area contributed by atoms with Crippen LogP contribution in [-0.2, 0) is 16.9 Å². The molecule has 0 bridgehead atoms. The van der Waals surface area contributed by atoms with Crippen molar-refractivity contribution >= 4 is 29.0 Å². The summed E-state index contributed by atoms with van der Waals surface area (Å²) in [5.74, 6) is 2.18. The summed E-state index contributed by atoms with van der Waals surface area (Å²) in [5, 5.41) is 8.71. The van der Waals surface area contributed by atoms with E-state index in [1.54, 1.807) is 23.3 Å². The largest absolute Gasteiger partial charge is 0.383 e. The van der Waals surface area contributed by atoms with E-state index in [0.29, 0.717) is 26.1 Å². The summed E-state index contributed by atoms with van der Waals surface area (Å²) in [6.07, 6.45) is 1.42. The number of hydrogen-bond donors (Lipinski definition) is 0. The molecule has 2 heterocycles. The number of methoxy groups -OCH3 is 1. The maximum atomic E-state index is 12.5. The van der Waals surface area contributed by atoms with E-state index >= 15 is 0 Å². The quantitative estimate of drug-likeness (QED) is 0.810. The Kier molecular flexibility index (Phi) is 5.89. The summed E-state index contributed by atoms with van der Waals surface area (Å²) in [5.41, 5.74) is 1.31. The van der Waals surface area contributed by atoms with E-state index in [1.165, 1.54) is 10.4 Å². The maximum Gasteiger partial charge on any atom is 0.264 e. The van der Waals surface area contributed by atoms with Crippen LogP contribution >= 0.6 is 23.1 Å². The highest BCUT2D eigenvalue weighted by molar-refractivity contribution is 7.98. The Balaban J connectivity index is 2.09. The van der Waals surface area contributed by atoms with Crippen LogP contribution in [0, 0.1) is 11.3 Å². The normalized spacial score (nSPS) is 13.6. The first-order valence-electron chi connectivity index (χ1n) is 6.60. The molecule has 20 heavy (non-hydrogen) atoms. The fourth-order valence-electron chi connectivity index (χ4n) is 2.11. The monoisotopic (exact) mass is 310 g/mol. The summed E-state index contributed by atoms with van der Waals surface area (Å²) in [7, 11) is 1.62. The Morgan fingerprint density at radius 1 is 1.55 bits per heavy atom. The number of fused-ring (bicyclic) bond motifs is 1. The molecule has 0 spiro atoms. The van der Waals surface area contributed by atoms with Gasteiger partial charge in [0.1, 0.15) is 0 Å². The molecule has 1 aromatic rings. The second-order valence-electron chi connectivity index (χ2n) is 4.55. The zero-order chi connectivity index (χ0) is 14.4. The van der Waals surface area contributed by atoms with E-state index in [4.69, 9.17) is 10.00 Å². The molecule has 6 heteroatoms. The van der Waals surface area contributed by atoms with E-state index in [0.717, 1.165) is 22.8 Å². The molecule has 1 aromatic heterocycles. The molecule has 0 saturated heterocycles. The van der Waals surface area contributed by atoms with Gasteiger partial charge < -0.3 is 9.64 Å². The lowest BCUT2D eigenvalue weighted by atomic mass is 10.2. The number of amides is 1. The van der Waals surface area contributed by atoms with Crippen molar-refractivity contribution in [2.75, 3.05) is 32.6 Å². The highest BCUT2D eigenvalue weighted by Gasteiger charge is 2.21. The van der Waals surface area contributed by atoms with Crippen LogP contribution in [0.4, 0.5) is 0 Å². The van der Waals surface area contributed by atoms with Crippen LogP contribution in [0.25, 0.3) is 0 Å². The molecule has 0 saturated carbocycles. The number of carbonyl (C=O) groups excluding carboxylic acids is 1. The Bertz CT molecular complexity index is 484. The van der Waals surface area contributed by atoms with Crippen molar-refractivity contribution in [3.63, 3.8) is 0 Å². The smallest absolute Gasteiger partial charge is 0.264 e. The van der Waals surface area contributed by atoms with Crippen LogP contribution in [0.2, 0.25) is 0 Å². The molecule has 0 N–H and O–H groups in total. The van der Waals surface area contributed by atoms with Gasteiger partial charge in [0.05, 0.1) is 24.0 Å². The minimum absolute atomic E-state index is 0.0294. The summed E-state index contributed by atoms with van der Waals surface area (Å²) in [4.78, 5) is 16.4. The number of ether oxygens (including phenoxy) is 1. The average Bonchev–Trinajstić information content (AvgIpc) is 2.90. The van der Waals surface area contributed by atoms with E-state index in [9.17, 15) is 4.79 Å². The lowest BCUT2D eigenvalue weighted by Crippen LogP contribution is -2.34. The summed E-state index contributed by atoms with van der Waals surface area (Å²) in [6, 6.07) is 4.12. The van der Waals surface area contributed by atoms with Gasteiger partial charge in [-0.05, 0) is 23.8 Å². The van der Waals surface area contributed by atoms with Crippen molar-refractivity contribution in [2.45, 2.75) is 18.6 Å². The van der Waals surface area contributed by atoms with Crippen LogP contribution in [0.5, 0.6) is 0 Å². The van der Waals surface area contributed by atoms with Crippen LogP contribution in [-0.4, -0.2) is 43.4 Å². The number of hydrogen-bond acceptors (Lipinski definition) is 5. The molecule has 2 rings (SSSR count). The molecule has 108 valence electrons. The lowest BCUT2D eigenvalue weighted by Gasteiger charge is -2.20. The number of carbonyl (C=O) groups is 1. The highest BCUT2D eigenvalue weighted by atomic mass is 32.2. The van der Waals surface area contributed by atoms with Gasteiger partial charge in [0, 0.05) is 30.8 Å². The maximum absolute atomic E-state index is 12.5. The fourth-order valence-corrected chi connectivity index (χ4v) is 4.45. The third kappa shape index (κ3) is 3.75. The van der Waals surface area contributed by atoms with Crippen LogP contribution < -0.4 is 0 Å². The molecule has 0 fully saturated rings. The van der Waals surface area contributed by atoms with Crippen LogP contribution in [0.1, 0.15) is 26.5 Å². The molecule has 1 amide bonds. The zero-order valence-electron chi connectivity index (χ0n) is 11.6. The van der Waals surface area contributed by atoms with Crippen molar-refractivity contribution in [3.05, 3.63) is 21.4 Å². The van der Waals surface area contributed by atoms with Crippen molar-refractivity contribution in [1.29, 1.82) is 5.26 Å². The second kappa shape index (κ2) is 7.67. The SMILES string of the molecule is COCCN(CCC#N)C(=O)c1cc2c(s1)CCSC2. The Morgan fingerprint density at radius 3 is 3.10 bits per heavy atom. The van der Waals surface area contributed by atoms with Gasteiger partial charge in [-0.1, -0.05) is 0 Å². The van der Waals surface area contributed by atoms with Crippen molar-refractivity contribution in [1.82, 2.24) is 4.90 Å². The molecule has 4 nitrogen and oxygen atoms in total. The molecular formula is C14H18N2O2S2. The molecule has 0 unspecified atom stereocenters. The first-order chi connectivity index (χ1) is 9.76.